The molecule has 2 aliphatic heterocycles. The molecule has 2 fully saturated rings. The van der Waals surface area contributed by atoms with Gasteiger partial charge in [0.15, 0.2) is 11.5 Å². The SMILES string of the molecule is CCOc1cc(/C=C2\SC(=O)N(CC(=O)N3CCCCC3)C2=O)cc(Br)c1O. The second kappa shape index (κ2) is 9.00. The number of aromatic hydroxyl groups is 1. The largest absolute Gasteiger partial charge is 0.503 e. The molecule has 0 bridgehead atoms. The Morgan fingerprint density at radius 2 is 2.00 bits per heavy atom. The van der Waals surface area contributed by atoms with E-state index < -0.39 is 11.1 Å². The Balaban J connectivity index is 1.76. The van der Waals surface area contributed by atoms with E-state index in [0.29, 0.717) is 29.7 Å². The Labute approximate surface area is 175 Å². The van der Waals surface area contributed by atoms with Gasteiger partial charge in [-0.25, -0.2) is 0 Å². The number of imide groups is 1. The Bertz CT molecular complexity index is 836. The van der Waals surface area contributed by atoms with Crippen LogP contribution in [-0.4, -0.2) is 58.2 Å². The molecule has 2 heterocycles. The number of ether oxygens (including phenoxy) is 1. The molecule has 9 heteroatoms. The number of thioether (sulfide) groups is 1. The first-order valence-corrected chi connectivity index (χ1v) is 10.7. The third-order valence-corrected chi connectivity index (χ3v) is 6.04. The molecule has 0 atom stereocenters. The first-order valence-electron chi connectivity index (χ1n) is 9.09. The van der Waals surface area contributed by atoms with E-state index in [9.17, 15) is 19.5 Å². The summed E-state index contributed by atoms with van der Waals surface area (Å²) in [7, 11) is 0. The van der Waals surface area contributed by atoms with Crippen LogP contribution in [0.3, 0.4) is 0 Å². The van der Waals surface area contributed by atoms with Gasteiger partial charge in [0.05, 0.1) is 16.0 Å². The van der Waals surface area contributed by atoms with E-state index in [1.165, 1.54) is 0 Å². The summed E-state index contributed by atoms with van der Waals surface area (Å²) >= 11 is 4.06. The number of nitrogens with zero attached hydrogens (tertiary/aromatic N) is 2. The maximum Gasteiger partial charge on any atom is 0.294 e. The summed E-state index contributed by atoms with van der Waals surface area (Å²) in [5.74, 6) is -0.432. The number of carbonyl (C=O) groups is 3. The van der Waals surface area contributed by atoms with Gasteiger partial charge in [-0.3, -0.25) is 19.3 Å². The fourth-order valence-corrected chi connectivity index (χ4v) is 4.41. The molecule has 3 rings (SSSR count). The van der Waals surface area contributed by atoms with E-state index in [2.05, 4.69) is 15.9 Å². The monoisotopic (exact) mass is 468 g/mol. The second-order valence-electron chi connectivity index (χ2n) is 6.49. The molecule has 1 aromatic rings. The van der Waals surface area contributed by atoms with Crippen LogP contribution in [0.4, 0.5) is 4.79 Å². The zero-order valence-electron chi connectivity index (χ0n) is 15.4. The quantitative estimate of drug-likeness (QED) is 0.664. The third kappa shape index (κ3) is 4.52. The van der Waals surface area contributed by atoms with Crippen molar-refractivity contribution in [3.63, 3.8) is 0 Å². The van der Waals surface area contributed by atoms with Crippen LogP contribution in [0, 0.1) is 0 Å². The Morgan fingerprint density at radius 3 is 2.68 bits per heavy atom. The van der Waals surface area contributed by atoms with Crippen molar-refractivity contribution in [2.24, 2.45) is 0 Å². The number of phenols is 1. The van der Waals surface area contributed by atoms with Crippen LogP contribution in [0.1, 0.15) is 31.7 Å². The molecule has 2 saturated heterocycles. The van der Waals surface area contributed by atoms with Crippen LogP contribution in [0.2, 0.25) is 0 Å². The summed E-state index contributed by atoms with van der Waals surface area (Å²) in [6.45, 7) is 3.29. The Hall–Kier alpha value is -2.00. The van der Waals surface area contributed by atoms with E-state index in [-0.39, 0.29) is 28.9 Å². The molecule has 0 unspecified atom stereocenters. The van der Waals surface area contributed by atoms with Crippen molar-refractivity contribution >= 4 is 50.8 Å². The van der Waals surface area contributed by atoms with Crippen LogP contribution < -0.4 is 4.74 Å². The number of hydrogen-bond acceptors (Lipinski definition) is 6. The topological polar surface area (TPSA) is 87.2 Å². The van der Waals surface area contributed by atoms with Gasteiger partial charge in [-0.05, 0) is 77.7 Å². The summed E-state index contributed by atoms with van der Waals surface area (Å²) in [5.41, 5.74) is 0.598. The lowest BCUT2D eigenvalue weighted by Gasteiger charge is -2.27. The van der Waals surface area contributed by atoms with Crippen LogP contribution >= 0.6 is 27.7 Å². The average molecular weight is 469 g/mol. The maximum atomic E-state index is 12.7. The number of halogens is 1. The van der Waals surface area contributed by atoms with E-state index in [1.807, 2.05) is 0 Å². The van der Waals surface area contributed by atoms with Crippen molar-refractivity contribution in [1.82, 2.24) is 9.80 Å². The van der Waals surface area contributed by atoms with E-state index in [1.54, 1.807) is 30.0 Å². The van der Waals surface area contributed by atoms with Gasteiger partial charge in [0, 0.05) is 13.1 Å². The van der Waals surface area contributed by atoms with Gasteiger partial charge >= 0.3 is 0 Å². The number of carbonyl (C=O) groups excluding carboxylic acids is 3. The molecule has 2 aliphatic rings. The van der Waals surface area contributed by atoms with Gasteiger partial charge in [-0.1, -0.05) is 0 Å². The predicted octanol–water partition coefficient (Wildman–Crippen LogP) is 3.60. The number of rotatable bonds is 5. The number of phenolic OH excluding ortho intramolecular Hbond substituents is 1. The van der Waals surface area contributed by atoms with E-state index >= 15 is 0 Å². The van der Waals surface area contributed by atoms with Gasteiger partial charge < -0.3 is 14.7 Å². The summed E-state index contributed by atoms with van der Waals surface area (Å²) in [4.78, 5) is 40.3. The highest BCUT2D eigenvalue weighted by molar-refractivity contribution is 9.10. The summed E-state index contributed by atoms with van der Waals surface area (Å²) in [5, 5.41) is 9.55. The molecule has 0 spiro atoms. The van der Waals surface area contributed by atoms with E-state index in [4.69, 9.17) is 4.74 Å². The minimum absolute atomic E-state index is 0.0285. The molecular weight excluding hydrogens is 448 g/mol. The lowest BCUT2D eigenvalue weighted by atomic mass is 10.1. The molecule has 1 N–H and O–H groups in total. The Kier molecular flexibility index (Phi) is 6.66. The van der Waals surface area contributed by atoms with Crippen molar-refractivity contribution < 1.29 is 24.2 Å². The molecule has 0 aliphatic carbocycles. The van der Waals surface area contributed by atoms with Gasteiger partial charge in [-0.15, -0.1) is 0 Å². The lowest BCUT2D eigenvalue weighted by molar-refractivity contribution is -0.136. The Morgan fingerprint density at radius 1 is 1.29 bits per heavy atom. The average Bonchev–Trinajstić information content (AvgIpc) is 2.94. The van der Waals surface area contributed by atoms with Gasteiger partial charge in [0.1, 0.15) is 6.54 Å². The van der Waals surface area contributed by atoms with E-state index in [0.717, 1.165) is 35.9 Å². The molecule has 0 saturated carbocycles. The summed E-state index contributed by atoms with van der Waals surface area (Å²) in [6.07, 6.45) is 4.56. The minimum atomic E-state index is -0.484. The zero-order valence-corrected chi connectivity index (χ0v) is 17.8. The van der Waals surface area contributed by atoms with Gasteiger partial charge in [-0.2, -0.15) is 0 Å². The molecule has 28 heavy (non-hydrogen) atoms. The maximum absolute atomic E-state index is 12.7. The molecule has 0 radical (unpaired) electrons. The van der Waals surface area contributed by atoms with Crippen LogP contribution in [0.15, 0.2) is 21.5 Å². The molecule has 1 aromatic carbocycles. The fourth-order valence-electron chi connectivity index (χ4n) is 3.11. The van der Waals surface area contributed by atoms with Crippen LogP contribution in [0.5, 0.6) is 11.5 Å². The third-order valence-electron chi connectivity index (χ3n) is 4.52. The highest BCUT2D eigenvalue weighted by Crippen LogP contribution is 2.38. The first kappa shape index (κ1) is 20.7. The number of likely N-dealkylation sites (tertiary alicyclic amines) is 1. The molecule has 7 nitrogen and oxygen atoms in total. The zero-order chi connectivity index (χ0) is 20.3. The number of benzene rings is 1. The van der Waals surface area contributed by atoms with Crippen molar-refractivity contribution in [2.45, 2.75) is 26.2 Å². The lowest BCUT2D eigenvalue weighted by Crippen LogP contribution is -2.44. The standard InChI is InChI=1S/C19H21BrN2O5S/c1-2-27-14-9-12(8-13(20)17(14)24)10-15-18(25)22(19(26)28-15)11-16(23)21-6-4-3-5-7-21/h8-10,24H,2-7,11H2,1H3/b15-10-. The summed E-state index contributed by atoms with van der Waals surface area (Å²) in [6, 6.07) is 3.22. The second-order valence-corrected chi connectivity index (χ2v) is 8.34. The number of piperidine rings is 1. The van der Waals surface area contributed by atoms with Crippen molar-refractivity contribution in [2.75, 3.05) is 26.2 Å². The van der Waals surface area contributed by atoms with Gasteiger partial charge in [0.2, 0.25) is 5.91 Å². The van der Waals surface area contributed by atoms with Gasteiger partial charge in [0.25, 0.3) is 11.1 Å². The van der Waals surface area contributed by atoms with Crippen molar-refractivity contribution in [1.29, 1.82) is 0 Å². The van der Waals surface area contributed by atoms with Crippen LogP contribution in [-0.2, 0) is 9.59 Å². The van der Waals surface area contributed by atoms with Crippen LogP contribution in [0.25, 0.3) is 6.08 Å². The minimum Gasteiger partial charge on any atom is -0.503 e. The highest BCUT2D eigenvalue weighted by Gasteiger charge is 2.37. The smallest absolute Gasteiger partial charge is 0.294 e. The van der Waals surface area contributed by atoms with Crippen molar-refractivity contribution in [3.05, 3.63) is 27.1 Å². The first-order chi connectivity index (χ1) is 13.4. The highest BCUT2D eigenvalue weighted by atomic mass is 79.9. The number of amides is 3. The molecule has 0 aromatic heterocycles. The van der Waals surface area contributed by atoms with Crippen molar-refractivity contribution in [3.8, 4) is 11.5 Å². The molecule has 150 valence electrons. The molecule has 3 amide bonds. The molecular formula is C19H21BrN2O5S. The fraction of sp³-hybridized carbons (Fsp3) is 0.421. The number of hydrogen-bond donors (Lipinski definition) is 1. The predicted molar refractivity (Wildman–Crippen MR) is 110 cm³/mol. The summed E-state index contributed by atoms with van der Waals surface area (Å²) < 4.78 is 5.80. The normalized spacial score (nSPS) is 18.9.